The van der Waals surface area contributed by atoms with E-state index >= 15 is 0 Å². The van der Waals surface area contributed by atoms with Crippen LogP contribution < -0.4 is 0 Å². The van der Waals surface area contributed by atoms with E-state index in [0.29, 0.717) is 0 Å². The molecule has 9 rings (SSSR count). The lowest BCUT2D eigenvalue weighted by molar-refractivity contribution is 0.589. The summed E-state index contributed by atoms with van der Waals surface area (Å²) in [6.45, 7) is 15.9. The maximum Gasteiger partial charge on any atom is 0.0924 e. The van der Waals surface area contributed by atoms with E-state index in [1.165, 1.54) is 55.2 Å². The number of hydrogen-bond donors (Lipinski definition) is 1. The van der Waals surface area contributed by atoms with Gasteiger partial charge in [-0.15, -0.1) is 0 Å². The number of nitrogens with zero attached hydrogens (tertiary/aromatic N) is 3. The second-order valence-corrected chi connectivity index (χ2v) is 16.6. The van der Waals surface area contributed by atoms with Crippen LogP contribution in [-0.4, -0.2) is 19.7 Å². The molecule has 0 bridgehead atoms. The molecule has 0 spiro atoms. The van der Waals surface area contributed by atoms with Crippen LogP contribution in [0, 0.1) is 6.92 Å². The first kappa shape index (κ1) is 32.2. The zero-order chi connectivity index (χ0) is 36.0. The summed E-state index contributed by atoms with van der Waals surface area (Å²) in [5.41, 5.74) is 15.9. The molecule has 256 valence electrons. The zero-order valence-electron chi connectivity index (χ0n) is 31.0. The largest absolute Gasteiger partial charge is 0.309 e. The zero-order valence-corrected chi connectivity index (χ0v) is 31.0. The van der Waals surface area contributed by atoms with E-state index in [-0.39, 0.29) is 10.8 Å². The van der Waals surface area contributed by atoms with Crippen LogP contribution in [0.2, 0.25) is 0 Å². The van der Waals surface area contributed by atoms with Crippen LogP contribution in [0.25, 0.3) is 49.9 Å². The Hall–Kier alpha value is -5.74. The highest BCUT2D eigenvalue weighted by Gasteiger charge is 2.48. The molecule has 0 radical (unpaired) electrons. The molecule has 0 unspecified atom stereocenters. The number of H-pyrrole nitrogens is 1. The molecule has 8 aromatic rings. The third kappa shape index (κ3) is 4.81. The maximum absolute atomic E-state index is 5.18. The number of rotatable bonds is 4. The van der Waals surface area contributed by atoms with Crippen LogP contribution in [0.1, 0.15) is 80.7 Å². The summed E-state index contributed by atoms with van der Waals surface area (Å²) < 4.78 is 2.42. The van der Waals surface area contributed by atoms with Crippen LogP contribution in [0.4, 0.5) is 0 Å². The second kappa shape index (κ2) is 11.4. The minimum Gasteiger partial charge on any atom is -0.309 e. The van der Waals surface area contributed by atoms with Crippen LogP contribution in [-0.2, 0) is 16.2 Å². The predicted octanol–water partition coefficient (Wildman–Crippen LogP) is 11.8. The van der Waals surface area contributed by atoms with Crippen molar-refractivity contribution in [3.63, 3.8) is 0 Å². The van der Waals surface area contributed by atoms with Gasteiger partial charge in [-0.3, -0.25) is 10.1 Å². The molecule has 1 aliphatic carbocycles. The lowest BCUT2D eigenvalue weighted by Crippen LogP contribution is -2.30. The highest BCUT2D eigenvalue weighted by Crippen LogP contribution is 2.57. The maximum atomic E-state index is 5.18. The van der Waals surface area contributed by atoms with Crippen molar-refractivity contribution < 1.29 is 0 Å². The van der Waals surface area contributed by atoms with Crippen molar-refractivity contribution in [2.45, 2.75) is 64.7 Å². The number of aryl methyl sites for hydroxylation is 1. The fourth-order valence-corrected chi connectivity index (χ4v) is 8.44. The van der Waals surface area contributed by atoms with Gasteiger partial charge in [0.2, 0.25) is 0 Å². The molecule has 0 amide bonds. The standard InChI is InChI=1S/C48H44N4/c1-30-25-42(51-50-30)31-13-12-14-35(26-31)52-43-16-9-8-15-36(43)37-21-18-34(29-44(37)52)48(45-17-10-11-24-49-45)40-22-19-32(46(2,3)4)27-38(40)39-28-33(47(5,6)7)20-23-41(39)48/h8-29H,1-7H3,(H,50,51). The minimum absolute atomic E-state index is 0.01000. The number of aromatic nitrogens is 4. The van der Waals surface area contributed by atoms with Crippen molar-refractivity contribution >= 4 is 21.8 Å². The molecular formula is C48H44N4. The average molecular weight is 677 g/mol. The molecule has 3 aromatic heterocycles. The number of pyridine rings is 1. The Bertz CT molecular complexity index is 2600. The SMILES string of the molecule is Cc1cc(-c2cccc(-n3c4ccccc4c4ccc(C5(c6ccccn6)c6ccc(C(C)(C)C)cc6-c6cc(C(C)(C)C)ccc65)cc43)c2)n[nH]1. The molecule has 52 heavy (non-hydrogen) atoms. The molecule has 3 heterocycles. The molecule has 1 N–H and O–H groups in total. The van der Waals surface area contributed by atoms with Crippen molar-refractivity contribution in [1.29, 1.82) is 0 Å². The summed E-state index contributed by atoms with van der Waals surface area (Å²) in [6, 6.07) is 47.4. The quantitative estimate of drug-likeness (QED) is 0.202. The topological polar surface area (TPSA) is 46.5 Å². The van der Waals surface area contributed by atoms with Crippen LogP contribution in [0.15, 0.2) is 134 Å². The van der Waals surface area contributed by atoms with Crippen molar-refractivity contribution in [2.75, 3.05) is 0 Å². The number of fused-ring (bicyclic) bond motifs is 6. The first-order chi connectivity index (χ1) is 24.9. The lowest BCUT2D eigenvalue weighted by atomic mass is 9.69. The molecule has 0 saturated heterocycles. The van der Waals surface area contributed by atoms with E-state index in [4.69, 9.17) is 4.98 Å². The van der Waals surface area contributed by atoms with Crippen LogP contribution >= 0.6 is 0 Å². The average Bonchev–Trinajstić information content (AvgIpc) is 3.81. The van der Waals surface area contributed by atoms with Crippen molar-refractivity contribution in [1.82, 2.24) is 19.7 Å². The lowest BCUT2D eigenvalue weighted by Gasteiger charge is -2.33. The highest BCUT2D eigenvalue weighted by molar-refractivity contribution is 6.09. The van der Waals surface area contributed by atoms with Crippen molar-refractivity contribution in [3.05, 3.63) is 173 Å². The first-order valence-corrected chi connectivity index (χ1v) is 18.3. The summed E-state index contributed by atoms with van der Waals surface area (Å²) in [6.07, 6.45) is 1.94. The van der Waals surface area contributed by atoms with Gasteiger partial charge in [0.05, 0.1) is 27.8 Å². The van der Waals surface area contributed by atoms with Gasteiger partial charge in [-0.05, 0) is 99.2 Å². The summed E-state index contributed by atoms with van der Waals surface area (Å²) in [7, 11) is 0. The molecule has 4 heteroatoms. The van der Waals surface area contributed by atoms with Gasteiger partial charge >= 0.3 is 0 Å². The van der Waals surface area contributed by atoms with Gasteiger partial charge in [0, 0.05) is 33.9 Å². The molecule has 5 aromatic carbocycles. The fraction of sp³-hybridized carbons (Fsp3) is 0.208. The van der Waals surface area contributed by atoms with E-state index in [1.807, 2.05) is 19.2 Å². The van der Waals surface area contributed by atoms with Gasteiger partial charge in [0.25, 0.3) is 0 Å². The molecule has 0 aliphatic heterocycles. The Morgan fingerprint density at radius 1 is 0.596 bits per heavy atom. The summed E-state index contributed by atoms with van der Waals surface area (Å²) in [5.74, 6) is 0. The monoisotopic (exact) mass is 676 g/mol. The van der Waals surface area contributed by atoms with Gasteiger partial charge in [-0.2, -0.15) is 5.10 Å². The predicted molar refractivity (Wildman–Crippen MR) is 216 cm³/mol. The van der Waals surface area contributed by atoms with Gasteiger partial charge in [0.1, 0.15) is 0 Å². The Balaban J connectivity index is 1.38. The molecule has 0 saturated carbocycles. The number of benzene rings is 5. The Kier molecular flexibility index (Phi) is 7.05. The third-order valence-corrected chi connectivity index (χ3v) is 11.1. The van der Waals surface area contributed by atoms with E-state index < -0.39 is 5.41 Å². The Morgan fingerprint density at radius 2 is 1.27 bits per heavy atom. The summed E-state index contributed by atoms with van der Waals surface area (Å²) in [4.78, 5) is 5.18. The van der Waals surface area contributed by atoms with Crippen LogP contribution in [0.3, 0.4) is 0 Å². The molecule has 4 nitrogen and oxygen atoms in total. The Morgan fingerprint density at radius 3 is 1.90 bits per heavy atom. The van der Waals surface area contributed by atoms with Gasteiger partial charge in [-0.1, -0.05) is 126 Å². The number of nitrogens with one attached hydrogen (secondary N) is 1. The number of hydrogen-bond acceptors (Lipinski definition) is 2. The van der Waals surface area contributed by atoms with Crippen molar-refractivity contribution in [3.8, 4) is 28.1 Å². The smallest absolute Gasteiger partial charge is 0.0924 e. The second-order valence-electron chi connectivity index (χ2n) is 16.6. The normalized spacial score (nSPS) is 13.8. The molecule has 0 fully saturated rings. The molecule has 0 atom stereocenters. The molecular weight excluding hydrogens is 633 g/mol. The minimum atomic E-state index is -0.622. The van der Waals surface area contributed by atoms with E-state index in [0.717, 1.165) is 33.8 Å². The van der Waals surface area contributed by atoms with E-state index in [2.05, 4.69) is 178 Å². The number of aromatic amines is 1. The van der Waals surface area contributed by atoms with Gasteiger partial charge in [0.15, 0.2) is 0 Å². The molecule has 1 aliphatic rings. The van der Waals surface area contributed by atoms with E-state index in [1.54, 1.807) is 0 Å². The van der Waals surface area contributed by atoms with Crippen LogP contribution in [0.5, 0.6) is 0 Å². The summed E-state index contributed by atoms with van der Waals surface area (Å²) in [5, 5.41) is 10.2. The van der Waals surface area contributed by atoms with Crippen molar-refractivity contribution in [2.24, 2.45) is 0 Å². The summed E-state index contributed by atoms with van der Waals surface area (Å²) >= 11 is 0. The third-order valence-electron chi connectivity index (χ3n) is 11.1. The Labute approximate surface area is 306 Å². The van der Waals surface area contributed by atoms with Gasteiger partial charge < -0.3 is 4.57 Å². The van der Waals surface area contributed by atoms with E-state index in [9.17, 15) is 0 Å². The highest BCUT2D eigenvalue weighted by atomic mass is 15.1. The van der Waals surface area contributed by atoms with Gasteiger partial charge in [-0.25, -0.2) is 0 Å². The number of para-hydroxylation sites is 1. The fourth-order valence-electron chi connectivity index (χ4n) is 8.44. The first-order valence-electron chi connectivity index (χ1n) is 18.3.